The van der Waals surface area contributed by atoms with Crippen molar-refractivity contribution in [3.05, 3.63) is 0 Å². The third kappa shape index (κ3) is 1.52. The minimum absolute atomic E-state index is 0.333. The summed E-state index contributed by atoms with van der Waals surface area (Å²) < 4.78 is 0. The first-order valence-corrected chi connectivity index (χ1v) is 3.59. The Bertz CT molecular complexity index is 130. The molecule has 0 heterocycles. The van der Waals surface area contributed by atoms with Gasteiger partial charge in [-0.25, -0.2) is 0 Å². The van der Waals surface area contributed by atoms with E-state index < -0.39 is 30.4 Å². The second kappa shape index (κ2) is 3.04. The lowest BCUT2D eigenvalue weighted by molar-refractivity contribution is -0.100. The van der Waals surface area contributed by atoms with Crippen molar-refractivity contribution in [1.29, 1.82) is 0 Å². The highest BCUT2D eigenvalue weighted by atomic mass is 16.4. The van der Waals surface area contributed by atoms with E-state index in [9.17, 15) is 0 Å². The molecule has 4 atom stereocenters. The number of aliphatic hydroxyl groups excluding tert-OH is 3. The van der Waals surface area contributed by atoms with Gasteiger partial charge in [-0.2, -0.15) is 0 Å². The molecule has 66 valence electrons. The zero-order valence-corrected chi connectivity index (χ0v) is 6.09. The Morgan fingerprint density at radius 3 is 1.55 bits per heavy atom. The van der Waals surface area contributed by atoms with Gasteiger partial charge in [-0.15, -0.1) is 0 Å². The summed E-state index contributed by atoms with van der Waals surface area (Å²) in [4.78, 5) is 0. The van der Waals surface area contributed by atoms with E-state index in [2.05, 4.69) is 0 Å². The van der Waals surface area contributed by atoms with Crippen LogP contribution < -0.4 is 11.5 Å². The summed E-state index contributed by atoms with van der Waals surface area (Å²) in [7, 11) is 0. The van der Waals surface area contributed by atoms with Crippen LogP contribution in [0.4, 0.5) is 0 Å². The van der Waals surface area contributed by atoms with Gasteiger partial charge in [0.2, 0.25) is 0 Å². The van der Waals surface area contributed by atoms with E-state index >= 15 is 0 Å². The van der Waals surface area contributed by atoms with Crippen LogP contribution in [0.25, 0.3) is 0 Å². The molecule has 5 nitrogen and oxygen atoms in total. The van der Waals surface area contributed by atoms with Crippen LogP contribution in [-0.2, 0) is 0 Å². The first kappa shape index (κ1) is 8.89. The van der Waals surface area contributed by atoms with Crippen molar-refractivity contribution in [3.8, 4) is 0 Å². The molecule has 1 rings (SSSR count). The van der Waals surface area contributed by atoms with Crippen LogP contribution >= 0.6 is 0 Å². The molecule has 1 aliphatic carbocycles. The first-order chi connectivity index (χ1) is 5.04. The van der Waals surface area contributed by atoms with E-state index in [1.807, 2.05) is 0 Å². The van der Waals surface area contributed by atoms with Crippen molar-refractivity contribution in [2.45, 2.75) is 36.8 Å². The maximum atomic E-state index is 9.14. The maximum Gasteiger partial charge on any atom is 0.109 e. The van der Waals surface area contributed by atoms with Crippen LogP contribution in [0.1, 0.15) is 6.42 Å². The van der Waals surface area contributed by atoms with E-state index in [1.54, 1.807) is 0 Å². The number of rotatable bonds is 0. The number of hydrogen-bond acceptors (Lipinski definition) is 5. The van der Waals surface area contributed by atoms with Gasteiger partial charge in [0, 0.05) is 12.1 Å². The van der Waals surface area contributed by atoms with E-state index in [0.717, 1.165) is 0 Å². The quantitative estimate of drug-likeness (QED) is 0.263. The zero-order valence-electron chi connectivity index (χ0n) is 6.09. The lowest BCUT2D eigenvalue weighted by Gasteiger charge is -2.37. The lowest BCUT2D eigenvalue weighted by atomic mass is 9.85. The highest BCUT2D eigenvalue weighted by molar-refractivity contribution is 4.96. The highest BCUT2D eigenvalue weighted by Gasteiger charge is 2.39. The largest absolute Gasteiger partial charge is 0.389 e. The smallest absolute Gasteiger partial charge is 0.109 e. The molecule has 0 amide bonds. The Hall–Kier alpha value is -0.200. The molecule has 1 aliphatic rings. The standard InChI is InChI=1S/C6H14N2O3/c7-2-1-3(8)5(10)6(11)4(2)9/h2-6,9-11H,1,7-8H2/t2-,3-,4+,5+/m1/s1. The fourth-order valence-electron chi connectivity index (χ4n) is 1.30. The Kier molecular flexibility index (Phi) is 2.46. The summed E-state index contributed by atoms with van der Waals surface area (Å²) in [6.45, 7) is 0. The van der Waals surface area contributed by atoms with E-state index in [4.69, 9.17) is 26.8 Å². The van der Waals surface area contributed by atoms with Gasteiger partial charge in [-0.05, 0) is 6.42 Å². The predicted octanol–water partition coefficient (Wildman–Crippen LogP) is -2.87. The predicted molar refractivity (Wildman–Crippen MR) is 38.6 cm³/mol. The van der Waals surface area contributed by atoms with Crippen molar-refractivity contribution < 1.29 is 15.3 Å². The summed E-state index contributed by atoms with van der Waals surface area (Å²) >= 11 is 0. The monoisotopic (exact) mass is 162 g/mol. The molecule has 0 aromatic carbocycles. The van der Waals surface area contributed by atoms with Gasteiger partial charge in [0.15, 0.2) is 0 Å². The van der Waals surface area contributed by atoms with Gasteiger partial charge in [-0.3, -0.25) is 0 Å². The molecule has 0 bridgehead atoms. The van der Waals surface area contributed by atoms with Crippen LogP contribution in [0.15, 0.2) is 0 Å². The van der Waals surface area contributed by atoms with E-state index in [-0.39, 0.29) is 0 Å². The fraction of sp³-hybridized carbons (Fsp3) is 1.00. The molecule has 1 fully saturated rings. The minimum atomic E-state index is -1.21. The Balaban J connectivity index is 2.63. The number of aliphatic hydroxyl groups is 3. The molecule has 1 saturated carbocycles. The van der Waals surface area contributed by atoms with Crippen molar-refractivity contribution in [1.82, 2.24) is 0 Å². The van der Waals surface area contributed by atoms with Crippen LogP contribution in [0.2, 0.25) is 0 Å². The second-order valence-electron chi connectivity index (χ2n) is 3.04. The van der Waals surface area contributed by atoms with Gasteiger partial charge in [-0.1, -0.05) is 0 Å². The molecule has 0 aromatic rings. The number of nitrogens with two attached hydrogens (primary N) is 2. The molecule has 5 heteroatoms. The second-order valence-corrected chi connectivity index (χ2v) is 3.04. The Morgan fingerprint density at radius 2 is 1.18 bits per heavy atom. The van der Waals surface area contributed by atoms with Gasteiger partial charge < -0.3 is 26.8 Å². The van der Waals surface area contributed by atoms with Crippen LogP contribution in [0, 0.1) is 0 Å². The summed E-state index contributed by atoms with van der Waals surface area (Å²) in [5.74, 6) is 0. The van der Waals surface area contributed by atoms with Crippen molar-refractivity contribution in [2.24, 2.45) is 11.5 Å². The molecule has 0 aliphatic heterocycles. The van der Waals surface area contributed by atoms with E-state index in [0.29, 0.717) is 6.42 Å². The van der Waals surface area contributed by atoms with Crippen LogP contribution in [0.3, 0.4) is 0 Å². The van der Waals surface area contributed by atoms with Crippen molar-refractivity contribution in [3.63, 3.8) is 0 Å². The van der Waals surface area contributed by atoms with Crippen molar-refractivity contribution >= 4 is 0 Å². The molecule has 0 radical (unpaired) electrons. The highest BCUT2D eigenvalue weighted by Crippen LogP contribution is 2.17. The molecular formula is C6H14N2O3. The lowest BCUT2D eigenvalue weighted by Crippen LogP contribution is -2.61. The molecule has 0 unspecified atom stereocenters. The Labute approximate surface area is 64.6 Å². The Morgan fingerprint density at radius 1 is 0.818 bits per heavy atom. The van der Waals surface area contributed by atoms with Crippen molar-refractivity contribution in [2.75, 3.05) is 0 Å². The topological polar surface area (TPSA) is 113 Å². The third-order valence-electron chi connectivity index (χ3n) is 2.12. The summed E-state index contributed by atoms with van der Waals surface area (Å²) in [6.07, 6.45) is -3.01. The minimum Gasteiger partial charge on any atom is -0.389 e. The van der Waals surface area contributed by atoms with Gasteiger partial charge in [0.1, 0.15) is 6.10 Å². The normalized spacial score (nSPS) is 52.6. The molecule has 11 heavy (non-hydrogen) atoms. The average molecular weight is 162 g/mol. The van der Waals surface area contributed by atoms with Gasteiger partial charge in [0.05, 0.1) is 12.2 Å². The summed E-state index contributed by atoms with van der Waals surface area (Å²) in [5, 5.41) is 27.4. The summed E-state index contributed by atoms with van der Waals surface area (Å²) in [5.41, 5.74) is 10.8. The molecule has 0 saturated heterocycles. The number of hydrogen-bond donors (Lipinski definition) is 5. The average Bonchev–Trinajstić information content (AvgIpc) is 1.97. The zero-order chi connectivity index (χ0) is 8.59. The van der Waals surface area contributed by atoms with Crippen LogP contribution in [0.5, 0.6) is 0 Å². The fourth-order valence-corrected chi connectivity index (χ4v) is 1.30. The van der Waals surface area contributed by atoms with Gasteiger partial charge >= 0.3 is 0 Å². The molecule has 0 aromatic heterocycles. The molecule has 7 N–H and O–H groups in total. The summed E-state index contributed by atoms with van der Waals surface area (Å²) in [6, 6.07) is -1.08. The molecular weight excluding hydrogens is 148 g/mol. The maximum absolute atomic E-state index is 9.14. The van der Waals surface area contributed by atoms with Crippen LogP contribution in [-0.4, -0.2) is 45.7 Å². The first-order valence-electron chi connectivity index (χ1n) is 3.59. The third-order valence-corrected chi connectivity index (χ3v) is 2.12. The van der Waals surface area contributed by atoms with Gasteiger partial charge in [0.25, 0.3) is 0 Å². The molecule has 0 spiro atoms. The SMILES string of the molecule is N[C@@H]1C[C@@H](N)[C@H](O)C(O)[C@H]1O. The van der Waals surface area contributed by atoms with E-state index in [1.165, 1.54) is 0 Å².